The number of aromatic nitrogens is 1. The van der Waals surface area contributed by atoms with Gasteiger partial charge in [0.25, 0.3) is 15.7 Å². The molecule has 222 valence electrons. The van der Waals surface area contributed by atoms with Crippen molar-refractivity contribution in [2.45, 2.75) is 14.7 Å². The number of ketones is 2. The van der Waals surface area contributed by atoms with E-state index in [9.17, 15) is 44.9 Å². The molecule has 12 nitrogen and oxygen atoms in total. The van der Waals surface area contributed by atoms with Gasteiger partial charge in [-0.2, -0.15) is 8.42 Å². The van der Waals surface area contributed by atoms with Gasteiger partial charge in [0.15, 0.2) is 33.7 Å². The summed E-state index contributed by atoms with van der Waals surface area (Å²) in [6.07, 6.45) is 0. The monoisotopic (exact) mass is 650 g/mol. The quantitative estimate of drug-likeness (QED) is 0.0943. The highest BCUT2D eigenvalue weighted by Crippen LogP contribution is 2.44. The van der Waals surface area contributed by atoms with Crippen LogP contribution in [0.5, 0.6) is 0 Å². The summed E-state index contributed by atoms with van der Waals surface area (Å²) in [5.74, 6) is -1.35. The van der Waals surface area contributed by atoms with Crippen LogP contribution in [0.1, 0.15) is 31.8 Å². The van der Waals surface area contributed by atoms with Gasteiger partial charge < -0.3 is 19.4 Å². The maximum Gasteiger partial charge on any atom is 0.294 e. The van der Waals surface area contributed by atoms with Crippen LogP contribution in [0.3, 0.4) is 0 Å². The predicted octanol–water partition coefficient (Wildman–Crippen LogP) is 4.12. The number of aromatic amines is 1. The topological polar surface area (TPSA) is 208 Å². The molecule has 15 heteroatoms. The number of hydrogen-bond donors (Lipinski definition) is 5. The zero-order chi connectivity index (χ0) is 31.5. The molecule has 5 aromatic rings. The summed E-state index contributed by atoms with van der Waals surface area (Å²) in [5.41, 5.74) is -0.441. The fourth-order valence-corrected chi connectivity index (χ4v) is 6.74. The number of benzene rings is 4. The number of carbonyl (C=O) groups excluding carboxylic acids is 2. The Kier molecular flexibility index (Phi) is 7.23. The molecular weight excluding hydrogens is 633 g/mol. The van der Waals surface area contributed by atoms with Crippen LogP contribution in [0.4, 0.5) is 11.4 Å². The maximum atomic E-state index is 14.0. The summed E-state index contributed by atoms with van der Waals surface area (Å²) in [6, 6.07) is 17.4. The summed E-state index contributed by atoms with van der Waals surface area (Å²) < 4.78 is 76.0. The third-order valence-corrected chi connectivity index (χ3v) is 9.30. The second kappa shape index (κ2) is 10.8. The Morgan fingerprint density at radius 3 is 2.18 bits per heavy atom. The molecule has 0 bridgehead atoms. The zero-order valence-corrected chi connectivity index (χ0v) is 24.4. The number of fused-ring (bicyclic) bond motifs is 2. The Morgan fingerprint density at radius 1 is 0.795 bits per heavy atom. The first kappa shape index (κ1) is 29.4. The van der Waals surface area contributed by atoms with Gasteiger partial charge in [0.1, 0.15) is 0 Å². The number of H-pyrrole nitrogens is 1. The smallest absolute Gasteiger partial charge is 0.294 e. The Balaban J connectivity index is 1.64. The van der Waals surface area contributed by atoms with Crippen LogP contribution in [0, 0.1) is 0 Å². The van der Waals surface area contributed by atoms with Crippen LogP contribution >= 0.6 is 0 Å². The van der Waals surface area contributed by atoms with Gasteiger partial charge in [-0.1, -0.05) is 36.4 Å². The molecule has 1 aliphatic carbocycles. The fourth-order valence-electron chi connectivity index (χ4n) is 5.20. The SMILES string of the molecule is O=C(c1cccc(S(=O)(=O)O)c1)c1c2c3c(c(Nc4ccc(S(=O)O)cc4S(=O)O)ccc3[nH]c1=O)C(=O)c1ccccc1-2. The van der Waals surface area contributed by atoms with Crippen LogP contribution in [0.15, 0.2) is 98.3 Å². The van der Waals surface area contributed by atoms with Crippen molar-refractivity contribution in [1.82, 2.24) is 4.98 Å². The number of carbonyl (C=O) groups is 2. The van der Waals surface area contributed by atoms with E-state index in [-0.39, 0.29) is 65.4 Å². The van der Waals surface area contributed by atoms with Gasteiger partial charge in [0.2, 0.25) is 0 Å². The van der Waals surface area contributed by atoms with E-state index in [1.54, 1.807) is 18.2 Å². The lowest BCUT2D eigenvalue weighted by atomic mass is 9.80. The zero-order valence-electron chi connectivity index (χ0n) is 21.9. The molecule has 2 unspecified atom stereocenters. The maximum absolute atomic E-state index is 14.0. The van der Waals surface area contributed by atoms with Gasteiger partial charge in [0, 0.05) is 27.6 Å². The molecule has 4 aromatic carbocycles. The number of anilines is 2. The summed E-state index contributed by atoms with van der Waals surface area (Å²) in [4.78, 5) is 43.0. The van der Waals surface area contributed by atoms with E-state index in [1.807, 2.05) is 0 Å². The minimum atomic E-state index is -4.67. The molecule has 1 aromatic heterocycles. The third kappa shape index (κ3) is 4.90. The van der Waals surface area contributed by atoms with E-state index in [2.05, 4.69) is 10.3 Å². The van der Waals surface area contributed by atoms with E-state index in [0.717, 1.165) is 18.2 Å². The molecule has 0 aliphatic heterocycles. The Hall–Kier alpha value is -4.64. The van der Waals surface area contributed by atoms with Crippen LogP contribution in [0.25, 0.3) is 22.0 Å². The van der Waals surface area contributed by atoms with Gasteiger partial charge in [-0.25, -0.2) is 8.42 Å². The van der Waals surface area contributed by atoms with Crippen molar-refractivity contribution in [2.24, 2.45) is 0 Å². The number of hydrogen-bond acceptors (Lipinski definition) is 8. The fraction of sp³-hybridized carbons (Fsp3) is 0. The van der Waals surface area contributed by atoms with Crippen molar-refractivity contribution in [3.63, 3.8) is 0 Å². The number of rotatable bonds is 7. The molecular formula is C29H18N2O10S3. The molecule has 5 N–H and O–H groups in total. The first-order chi connectivity index (χ1) is 20.9. The van der Waals surface area contributed by atoms with Crippen molar-refractivity contribution in [2.75, 3.05) is 5.32 Å². The standard InChI is InChI=1S/C29H18N2O10S3/c32-27(14-4-3-5-16(12-14)44(39,40)41)26-23-17-6-1-2-7-18(17)28(33)25-21(11-10-20(24(23)25)31-29(26)34)30-19-9-8-15(42(35)36)13-22(19)43(37)38/h1-13,30H,(H,31,34)(H,35,36)(H,37,38)(H,39,40,41). The number of nitrogens with one attached hydrogen (secondary N) is 2. The Morgan fingerprint density at radius 2 is 1.50 bits per heavy atom. The van der Waals surface area contributed by atoms with Crippen LogP contribution in [0.2, 0.25) is 0 Å². The molecule has 0 radical (unpaired) electrons. The van der Waals surface area contributed by atoms with Crippen LogP contribution < -0.4 is 10.9 Å². The van der Waals surface area contributed by atoms with Gasteiger partial charge in [-0.3, -0.25) is 18.9 Å². The largest absolute Gasteiger partial charge is 0.354 e. The molecule has 44 heavy (non-hydrogen) atoms. The summed E-state index contributed by atoms with van der Waals surface area (Å²) in [5, 5.41) is 3.13. The van der Waals surface area contributed by atoms with Crippen molar-refractivity contribution in [1.29, 1.82) is 0 Å². The molecule has 1 heterocycles. The predicted molar refractivity (Wildman–Crippen MR) is 161 cm³/mol. The first-order valence-corrected chi connectivity index (χ1v) is 16.1. The highest BCUT2D eigenvalue weighted by Gasteiger charge is 2.33. The summed E-state index contributed by atoms with van der Waals surface area (Å²) in [7, 11) is -4.67. The van der Waals surface area contributed by atoms with E-state index in [0.29, 0.717) is 0 Å². The lowest BCUT2D eigenvalue weighted by Gasteiger charge is -2.24. The van der Waals surface area contributed by atoms with E-state index in [1.165, 1.54) is 42.5 Å². The van der Waals surface area contributed by atoms with Crippen molar-refractivity contribution in [3.05, 3.63) is 111 Å². The lowest BCUT2D eigenvalue weighted by molar-refractivity contribution is 0.102. The molecule has 0 saturated heterocycles. The van der Waals surface area contributed by atoms with Crippen LogP contribution in [-0.2, 0) is 32.3 Å². The van der Waals surface area contributed by atoms with Crippen LogP contribution in [-0.4, -0.2) is 47.0 Å². The van der Waals surface area contributed by atoms with Gasteiger partial charge in [-0.15, -0.1) is 0 Å². The van der Waals surface area contributed by atoms with E-state index < -0.39 is 54.3 Å². The normalized spacial score (nSPS) is 13.8. The highest BCUT2D eigenvalue weighted by molar-refractivity contribution is 7.85. The summed E-state index contributed by atoms with van der Waals surface area (Å²) >= 11 is -5.03. The molecule has 0 saturated carbocycles. The minimum Gasteiger partial charge on any atom is -0.354 e. The third-order valence-electron chi connectivity index (χ3n) is 7.08. The second-order valence-electron chi connectivity index (χ2n) is 9.60. The van der Waals surface area contributed by atoms with Crippen molar-refractivity contribution in [3.8, 4) is 11.1 Å². The second-order valence-corrected chi connectivity index (χ2v) is 12.9. The summed E-state index contributed by atoms with van der Waals surface area (Å²) in [6.45, 7) is 0. The van der Waals surface area contributed by atoms with E-state index >= 15 is 0 Å². The van der Waals surface area contributed by atoms with E-state index in [4.69, 9.17) is 0 Å². The Labute approximate surface area is 253 Å². The average molecular weight is 651 g/mol. The van der Waals surface area contributed by atoms with Gasteiger partial charge in [0.05, 0.1) is 37.2 Å². The molecule has 0 amide bonds. The van der Waals surface area contributed by atoms with Gasteiger partial charge in [-0.05, 0) is 48.0 Å². The van der Waals surface area contributed by atoms with Crippen molar-refractivity contribution >= 4 is 66.1 Å². The first-order valence-electron chi connectivity index (χ1n) is 12.5. The molecule has 0 fully saturated rings. The Bertz CT molecular complexity index is 2310. The lowest BCUT2D eigenvalue weighted by Crippen LogP contribution is -2.24. The molecule has 2 atom stereocenters. The average Bonchev–Trinajstić information content (AvgIpc) is 2.99. The minimum absolute atomic E-state index is 0.0256. The highest BCUT2D eigenvalue weighted by atomic mass is 32.2. The number of pyridine rings is 1. The van der Waals surface area contributed by atoms with Gasteiger partial charge >= 0.3 is 0 Å². The molecule has 1 aliphatic rings. The molecule has 0 spiro atoms. The van der Waals surface area contributed by atoms with Crippen molar-refractivity contribution < 1.29 is 40.1 Å². The molecule has 6 rings (SSSR count).